The van der Waals surface area contributed by atoms with Gasteiger partial charge >= 0.3 is 0 Å². The van der Waals surface area contributed by atoms with Crippen molar-refractivity contribution in [3.05, 3.63) is 63.1 Å². The highest BCUT2D eigenvalue weighted by molar-refractivity contribution is 9.10. The molecule has 0 aromatic heterocycles. The maximum atomic E-state index is 13.3. The van der Waals surface area contributed by atoms with Gasteiger partial charge in [0.15, 0.2) is 6.61 Å². The minimum atomic E-state index is -0.562. The quantitative estimate of drug-likeness (QED) is 0.463. The third-order valence-electron chi connectivity index (χ3n) is 5.81. The van der Waals surface area contributed by atoms with Gasteiger partial charge in [-0.2, -0.15) is 0 Å². The fourth-order valence-electron chi connectivity index (χ4n) is 3.99. The van der Waals surface area contributed by atoms with Crippen LogP contribution in [0.3, 0.4) is 0 Å². The summed E-state index contributed by atoms with van der Waals surface area (Å²) >= 11 is 9.59. The topological polar surface area (TPSA) is 58.6 Å². The van der Waals surface area contributed by atoms with Crippen molar-refractivity contribution in [3.8, 4) is 5.75 Å². The minimum absolute atomic E-state index is 0.0958. The summed E-state index contributed by atoms with van der Waals surface area (Å²) in [5, 5.41) is 3.57. The molecule has 2 amide bonds. The van der Waals surface area contributed by atoms with E-state index in [4.69, 9.17) is 16.3 Å². The SMILES string of the molecule is CCC(C(=O)NC1CCCC1)N(Cc1ccc(C)cc1)C(=O)COc1ccc(Br)cc1Cl. The molecule has 1 aliphatic rings. The molecule has 1 saturated carbocycles. The molecule has 1 fully saturated rings. The normalized spacial score (nSPS) is 14.8. The van der Waals surface area contributed by atoms with Gasteiger partial charge < -0.3 is 15.0 Å². The van der Waals surface area contributed by atoms with Crippen molar-refractivity contribution in [2.75, 3.05) is 6.61 Å². The first kappa shape index (κ1) is 24.6. The van der Waals surface area contributed by atoms with Crippen LogP contribution in [0, 0.1) is 6.92 Å². The van der Waals surface area contributed by atoms with E-state index in [1.54, 1.807) is 23.1 Å². The van der Waals surface area contributed by atoms with Crippen LogP contribution in [0.15, 0.2) is 46.9 Å². The van der Waals surface area contributed by atoms with Crippen LogP contribution in [0.5, 0.6) is 5.75 Å². The van der Waals surface area contributed by atoms with Crippen LogP contribution in [-0.4, -0.2) is 35.4 Å². The highest BCUT2D eigenvalue weighted by Crippen LogP contribution is 2.28. The lowest BCUT2D eigenvalue weighted by atomic mass is 10.1. The first-order valence-electron chi connectivity index (χ1n) is 11.1. The van der Waals surface area contributed by atoms with E-state index in [1.165, 1.54) is 0 Å². The molecule has 32 heavy (non-hydrogen) atoms. The van der Waals surface area contributed by atoms with E-state index in [0.717, 1.165) is 41.3 Å². The Bertz CT molecular complexity index is 929. The molecule has 0 bridgehead atoms. The Morgan fingerprint density at radius 3 is 2.50 bits per heavy atom. The monoisotopic (exact) mass is 520 g/mol. The lowest BCUT2D eigenvalue weighted by Crippen LogP contribution is -2.52. The number of nitrogens with zero attached hydrogens (tertiary/aromatic N) is 1. The van der Waals surface area contributed by atoms with Gasteiger partial charge in [0.25, 0.3) is 5.91 Å². The van der Waals surface area contributed by atoms with Gasteiger partial charge in [0.1, 0.15) is 11.8 Å². The second-order valence-corrected chi connectivity index (χ2v) is 9.61. The summed E-state index contributed by atoms with van der Waals surface area (Å²) in [6.45, 7) is 4.10. The highest BCUT2D eigenvalue weighted by atomic mass is 79.9. The summed E-state index contributed by atoms with van der Waals surface area (Å²) in [5.41, 5.74) is 2.11. The number of benzene rings is 2. The van der Waals surface area contributed by atoms with E-state index < -0.39 is 6.04 Å². The number of amides is 2. The van der Waals surface area contributed by atoms with Gasteiger partial charge in [-0.15, -0.1) is 0 Å². The predicted molar refractivity (Wildman–Crippen MR) is 131 cm³/mol. The van der Waals surface area contributed by atoms with E-state index in [-0.39, 0.29) is 24.5 Å². The molecule has 1 aliphatic carbocycles. The lowest BCUT2D eigenvalue weighted by molar-refractivity contribution is -0.143. The highest BCUT2D eigenvalue weighted by Gasteiger charge is 2.31. The molecule has 5 nitrogen and oxygen atoms in total. The lowest BCUT2D eigenvalue weighted by Gasteiger charge is -2.31. The molecular formula is C25H30BrClN2O3. The predicted octanol–water partition coefficient (Wildman–Crippen LogP) is 5.66. The average Bonchev–Trinajstić information content (AvgIpc) is 3.27. The van der Waals surface area contributed by atoms with Crippen LogP contribution >= 0.6 is 27.5 Å². The molecule has 0 aliphatic heterocycles. The van der Waals surface area contributed by atoms with Crippen LogP contribution in [0.4, 0.5) is 0 Å². The Labute approximate surface area is 203 Å². The Morgan fingerprint density at radius 1 is 1.19 bits per heavy atom. The van der Waals surface area contributed by atoms with Crippen LogP contribution in [0.1, 0.15) is 50.2 Å². The number of hydrogen-bond acceptors (Lipinski definition) is 3. The number of carbonyl (C=O) groups is 2. The molecule has 0 saturated heterocycles. The van der Waals surface area contributed by atoms with Crippen LogP contribution in [0.25, 0.3) is 0 Å². The fraction of sp³-hybridized carbons (Fsp3) is 0.440. The summed E-state index contributed by atoms with van der Waals surface area (Å²) < 4.78 is 6.55. The van der Waals surface area contributed by atoms with E-state index >= 15 is 0 Å². The number of carbonyl (C=O) groups excluding carboxylic acids is 2. The number of aryl methyl sites for hydroxylation is 1. The molecule has 1 unspecified atom stereocenters. The summed E-state index contributed by atoms with van der Waals surface area (Å²) in [6.07, 6.45) is 4.79. The van der Waals surface area contributed by atoms with Crippen LogP contribution in [-0.2, 0) is 16.1 Å². The maximum Gasteiger partial charge on any atom is 0.261 e. The molecule has 0 heterocycles. The second-order valence-electron chi connectivity index (χ2n) is 8.28. The van der Waals surface area contributed by atoms with E-state index in [9.17, 15) is 9.59 Å². The van der Waals surface area contributed by atoms with Gasteiger partial charge in [0.05, 0.1) is 5.02 Å². The molecule has 7 heteroatoms. The molecule has 1 atom stereocenters. The average molecular weight is 522 g/mol. The summed E-state index contributed by atoms with van der Waals surface area (Å²) in [4.78, 5) is 28.0. The summed E-state index contributed by atoms with van der Waals surface area (Å²) in [5.74, 6) is 0.0847. The Hall–Kier alpha value is -2.05. The van der Waals surface area contributed by atoms with E-state index in [0.29, 0.717) is 23.7 Å². The number of hydrogen-bond donors (Lipinski definition) is 1. The zero-order valence-electron chi connectivity index (χ0n) is 18.6. The minimum Gasteiger partial charge on any atom is -0.482 e. The molecule has 2 aromatic carbocycles. The molecular weight excluding hydrogens is 492 g/mol. The van der Waals surface area contributed by atoms with E-state index in [2.05, 4.69) is 21.2 Å². The van der Waals surface area contributed by atoms with Crippen molar-refractivity contribution in [2.24, 2.45) is 0 Å². The molecule has 2 aromatic rings. The molecule has 0 spiro atoms. The Balaban J connectivity index is 1.76. The largest absolute Gasteiger partial charge is 0.482 e. The zero-order valence-corrected chi connectivity index (χ0v) is 20.9. The van der Waals surface area contributed by atoms with Gasteiger partial charge in [-0.3, -0.25) is 9.59 Å². The van der Waals surface area contributed by atoms with Crippen molar-refractivity contribution in [1.82, 2.24) is 10.2 Å². The number of rotatable bonds is 9. The van der Waals surface area contributed by atoms with Crippen molar-refractivity contribution < 1.29 is 14.3 Å². The number of halogens is 2. The molecule has 1 N–H and O–H groups in total. The van der Waals surface area contributed by atoms with Crippen molar-refractivity contribution >= 4 is 39.3 Å². The van der Waals surface area contributed by atoms with Gasteiger partial charge in [0, 0.05) is 17.1 Å². The zero-order chi connectivity index (χ0) is 23.1. The number of ether oxygens (including phenoxy) is 1. The Kier molecular flexibility index (Phi) is 9.00. The van der Waals surface area contributed by atoms with Crippen molar-refractivity contribution in [1.29, 1.82) is 0 Å². The van der Waals surface area contributed by atoms with Gasteiger partial charge in [-0.1, -0.05) is 77.1 Å². The van der Waals surface area contributed by atoms with Crippen LogP contribution < -0.4 is 10.1 Å². The number of nitrogens with one attached hydrogen (secondary N) is 1. The van der Waals surface area contributed by atoms with Gasteiger partial charge in [-0.05, 0) is 49.9 Å². The third-order valence-corrected chi connectivity index (χ3v) is 6.59. The molecule has 3 rings (SSSR count). The summed E-state index contributed by atoms with van der Waals surface area (Å²) in [6, 6.07) is 12.9. The maximum absolute atomic E-state index is 13.3. The smallest absolute Gasteiger partial charge is 0.261 e. The van der Waals surface area contributed by atoms with Crippen molar-refractivity contribution in [3.63, 3.8) is 0 Å². The fourth-order valence-corrected chi connectivity index (χ4v) is 4.72. The first-order valence-corrected chi connectivity index (χ1v) is 12.3. The van der Waals surface area contributed by atoms with Crippen molar-refractivity contribution in [2.45, 2.75) is 64.6 Å². The van der Waals surface area contributed by atoms with E-state index in [1.807, 2.05) is 38.1 Å². The Morgan fingerprint density at radius 2 is 1.88 bits per heavy atom. The summed E-state index contributed by atoms with van der Waals surface area (Å²) in [7, 11) is 0. The molecule has 172 valence electrons. The second kappa shape index (κ2) is 11.7. The third kappa shape index (κ3) is 6.72. The van der Waals surface area contributed by atoms with Crippen LogP contribution in [0.2, 0.25) is 5.02 Å². The van der Waals surface area contributed by atoms with Gasteiger partial charge in [0.2, 0.25) is 5.91 Å². The molecule has 0 radical (unpaired) electrons. The first-order chi connectivity index (χ1) is 15.4. The standard InChI is InChI=1S/C25H30BrClN2O3/c1-3-22(25(31)28-20-6-4-5-7-20)29(15-18-10-8-17(2)9-11-18)24(30)16-32-23-13-12-19(26)14-21(23)27/h8-14,20,22H,3-7,15-16H2,1-2H3,(H,28,31). The van der Waals surface area contributed by atoms with Gasteiger partial charge in [-0.25, -0.2) is 0 Å².